The first-order valence-corrected chi connectivity index (χ1v) is 7.01. The highest BCUT2D eigenvalue weighted by molar-refractivity contribution is 5.53. The van der Waals surface area contributed by atoms with E-state index in [0.29, 0.717) is 11.6 Å². The van der Waals surface area contributed by atoms with Crippen LogP contribution in [-0.2, 0) is 6.42 Å². The van der Waals surface area contributed by atoms with Crippen molar-refractivity contribution in [3.63, 3.8) is 0 Å². The van der Waals surface area contributed by atoms with Gasteiger partial charge < -0.3 is 10.2 Å². The fourth-order valence-electron chi connectivity index (χ4n) is 2.88. The van der Waals surface area contributed by atoms with Gasteiger partial charge in [0, 0.05) is 25.8 Å². The van der Waals surface area contributed by atoms with Gasteiger partial charge in [0.2, 0.25) is 0 Å². The Morgan fingerprint density at radius 3 is 2.75 bits per heavy atom. The van der Waals surface area contributed by atoms with Gasteiger partial charge in [-0.1, -0.05) is 30.3 Å². The maximum atomic E-state index is 13.8. The molecular weight excluding hydrogens is 251 g/mol. The molecule has 0 amide bonds. The molecule has 0 saturated carbocycles. The summed E-state index contributed by atoms with van der Waals surface area (Å²) >= 11 is 0. The normalized spacial score (nSPS) is 17.2. The number of hydrogen-bond donors (Lipinski definition) is 1. The van der Waals surface area contributed by atoms with Gasteiger partial charge in [-0.15, -0.1) is 0 Å². The zero-order valence-electron chi connectivity index (χ0n) is 11.6. The molecule has 0 radical (unpaired) electrons. The van der Waals surface area contributed by atoms with Crippen LogP contribution in [-0.4, -0.2) is 20.1 Å². The first-order valence-electron chi connectivity index (χ1n) is 7.01. The van der Waals surface area contributed by atoms with Crippen LogP contribution in [0.25, 0.3) is 0 Å². The highest BCUT2D eigenvalue weighted by Crippen LogP contribution is 2.26. The number of para-hydroxylation sites is 2. The van der Waals surface area contributed by atoms with E-state index in [0.717, 1.165) is 19.5 Å². The standard InChI is InChI=1S/C17H19FN2/c1-20(17-9-5-3-7-15(17)18)12-13-10-14-6-2-4-8-16(14)19-11-13/h2-9,13,19H,10-12H2,1H3. The van der Waals surface area contributed by atoms with Crippen molar-refractivity contribution < 1.29 is 4.39 Å². The molecule has 20 heavy (non-hydrogen) atoms. The van der Waals surface area contributed by atoms with Crippen LogP contribution in [0.15, 0.2) is 48.5 Å². The highest BCUT2D eigenvalue weighted by Gasteiger charge is 2.20. The van der Waals surface area contributed by atoms with Crippen LogP contribution in [0.4, 0.5) is 15.8 Å². The van der Waals surface area contributed by atoms with Crippen LogP contribution in [0.2, 0.25) is 0 Å². The summed E-state index contributed by atoms with van der Waals surface area (Å²) in [6.45, 7) is 1.79. The summed E-state index contributed by atoms with van der Waals surface area (Å²) < 4.78 is 13.8. The molecule has 0 saturated heterocycles. The first kappa shape index (κ1) is 13.0. The fourth-order valence-corrected chi connectivity index (χ4v) is 2.88. The molecule has 1 unspecified atom stereocenters. The lowest BCUT2D eigenvalue weighted by Crippen LogP contribution is -2.34. The Labute approximate surface area is 119 Å². The van der Waals surface area contributed by atoms with Crippen LogP contribution in [0, 0.1) is 11.7 Å². The summed E-state index contributed by atoms with van der Waals surface area (Å²) in [7, 11) is 1.96. The average molecular weight is 270 g/mol. The van der Waals surface area contributed by atoms with Crippen molar-refractivity contribution in [2.75, 3.05) is 30.4 Å². The zero-order chi connectivity index (χ0) is 13.9. The van der Waals surface area contributed by atoms with Gasteiger partial charge in [-0.25, -0.2) is 4.39 Å². The molecule has 0 aromatic heterocycles. The number of nitrogens with zero attached hydrogens (tertiary/aromatic N) is 1. The number of nitrogens with one attached hydrogen (secondary N) is 1. The lowest BCUT2D eigenvalue weighted by Gasteiger charge is -2.30. The van der Waals surface area contributed by atoms with E-state index in [1.54, 1.807) is 6.07 Å². The van der Waals surface area contributed by atoms with E-state index >= 15 is 0 Å². The molecule has 2 nitrogen and oxygen atoms in total. The van der Waals surface area contributed by atoms with Crippen molar-refractivity contribution in [2.24, 2.45) is 5.92 Å². The molecule has 1 N–H and O–H groups in total. The van der Waals surface area contributed by atoms with Gasteiger partial charge in [0.05, 0.1) is 5.69 Å². The number of halogens is 1. The van der Waals surface area contributed by atoms with E-state index in [1.165, 1.54) is 17.3 Å². The van der Waals surface area contributed by atoms with E-state index < -0.39 is 0 Å². The predicted molar refractivity (Wildman–Crippen MR) is 81.8 cm³/mol. The molecule has 1 atom stereocenters. The molecule has 0 fully saturated rings. The largest absolute Gasteiger partial charge is 0.384 e. The monoisotopic (exact) mass is 270 g/mol. The lowest BCUT2D eigenvalue weighted by molar-refractivity contribution is 0.530. The van der Waals surface area contributed by atoms with Gasteiger partial charge in [0.15, 0.2) is 0 Å². The third kappa shape index (κ3) is 2.62. The Morgan fingerprint density at radius 2 is 1.90 bits per heavy atom. The minimum Gasteiger partial charge on any atom is -0.384 e. The average Bonchev–Trinajstić information content (AvgIpc) is 2.47. The van der Waals surface area contributed by atoms with E-state index in [1.807, 2.05) is 24.1 Å². The van der Waals surface area contributed by atoms with Crippen LogP contribution >= 0.6 is 0 Å². The smallest absolute Gasteiger partial charge is 0.146 e. The Kier molecular flexibility index (Phi) is 3.59. The quantitative estimate of drug-likeness (QED) is 0.917. The molecule has 3 rings (SSSR count). The molecule has 2 aromatic carbocycles. The number of fused-ring (bicyclic) bond motifs is 1. The lowest BCUT2D eigenvalue weighted by atomic mass is 9.93. The van der Waals surface area contributed by atoms with Crippen molar-refractivity contribution in [3.05, 3.63) is 59.9 Å². The van der Waals surface area contributed by atoms with E-state index in [4.69, 9.17) is 0 Å². The van der Waals surface area contributed by atoms with Crippen molar-refractivity contribution in [3.8, 4) is 0 Å². The summed E-state index contributed by atoms with van der Waals surface area (Å²) in [5, 5.41) is 3.46. The van der Waals surface area contributed by atoms with Crippen LogP contribution in [0.3, 0.4) is 0 Å². The summed E-state index contributed by atoms with van der Waals surface area (Å²) in [5.74, 6) is 0.341. The molecule has 0 spiro atoms. The van der Waals surface area contributed by atoms with Gasteiger partial charge in [0.25, 0.3) is 0 Å². The maximum Gasteiger partial charge on any atom is 0.146 e. The molecule has 1 aliphatic rings. The Bertz CT molecular complexity index is 597. The van der Waals surface area contributed by atoms with Crippen LogP contribution < -0.4 is 10.2 Å². The molecule has 1 heterocycles. The second kappa shape index (κ2) is 5.53. The molecule has 2 aromatic rings. The van der Waals surface area contributed by atoms with Crippen molar-refractivity contribution in [1.82, 2.24) is 0 Å². The SMILES string of the molecule is CN(CC1CNc2ccccc2C1)c1ccccc1F. The number of anilines is 2. The topological polar surface area (TPSA) is 15.3 Å². The molecule has 0 bridgehead atoms. The fraction of sp³-hybridized carbons (Fsp3) is 0.294. The molecule has 0 aliphatic carbocycles. The van der Waals surface area contributed by atoms with E-state index in [2.05, 4.69) is 29.6 Å². The zero-order valence-corrected chi connectivity index (χ0v) is 11.6. The van der Waals surface area contributed by atoms with Crippen LogP contribution in [0.1, 0.15) is 5.56 Å². The summed E-state index contributed by atoms with van der Waals surface area (Å²) in [4.78, 5) is 2.01. The third-order valence-corrected chi connectivity index (χ3v) is 3.90. The summed E-state index contributed by atoms with van der Waals surface area (Å²) in [5.41, 5.74) is 3.26. The molecule has 104 valence electrons. The van der Waals surface area contributed by atoms with Crippen molar-refractivity contribution in [1.29, 1.82) is 0 Å². The third-order valence-electron chi connectivity index (χ3n) is 3.90. The van der Waals surface area contributed by atoms with Gasteiger partial charge >= 0.3 is 0 Å². The van der Waals surface area contributed by atoms with E-state index in [-0.39, 0.29) is 5.82 Å². The van der Waals surface area contributed by atoms with Gasteiger partial charge in [0.1, 0.15) is 5.82 Å². The number of rotatable bonds is 3. The molecule has 1 aliphatic heterocycles. The molecular formula is C17H19FN2. The minimum absolute atomic E-state index is 0.154. The Morgan fingerprint density at radius 1 is 1.15 bits per heavy atom. The minimum atomic E-state index is -0.154. The Balaban J connectivity index is 1.69. The van der Waals surface area contributed by atoms with Gasteiger partial charge in [-0.05, 0) is 36.1 Å². The van der Waals surface area contributed by atoms with Crippen LogP contribution in [0.5, 0.6) is 0 Å². The summed E-state index contributed by atoms with van der Waals surface area (Å²) in [6.07, 6.45) is 1.04. The highest BCUT2D eigenvalue weighted by atomic mass is 19.1. The number of benzene rings is 2. The van der Waals surface area contributed by atoms with Crippen molar-refractivity contribution in [2.45, 2.75) is 6.42 Å². The maximum absolute atomic E-state index is 13.8. The summed E-state index contributed by atoms with van der Waals surface area (Å²) in [6, 6.07) is 15.4. The Hall–Kier alpha value is -2.03. The van der Waals surface area contributed by atoms with E-state index in [9.17, 15) is 4.39 Å². The second-order valence-corrected chi connectivity index (χ2v) is 5.44. The number of hydrogen-bond acceptors (Lipinski definition) is 2. The van der Waals surface area contributed by atoms with Gasteiger partial charge in [-0.3, -0.25) is 0 Å². The van der Waals surface area contributed by atoms with Crippen molar-refractivity contribution >= 4 is 11.4 Å². The second-order valence-electron chi connectivity index (χ2n) is 5.44. The first-order chi connectivity index (χ1) is 9.74. The predicted octanol–water partition coefficient (Wildman–Crippen LogP) is 3.55. The molecule has 3 heteroatoms. The van der Waals surface area contributed by atoms with Gasteiger partial charge in [-0.2, -0.15) is 0 Å².